The van der Waals surface area contributed by atoms with Gasteiger partial charge in [0, 0.05) is 12.1 Å². The molecule has 1 N–H and O–H groups in total. The molecular formula is C6H3ClF2O. The van der Waals surface area contributed by atoms with Crippen molar-refractivity contribution in [2.45, 2.75) is 0 Å². The fourth-order valence-corrected chi connectivity index (χ4v) is 0.744. The van der Waals surface area contributed by atoms with Gasteiger partial charge in [-0.2, -0.15) is 0 Å². The van der Waals surface area contributed by atoms with Crippen LogP contribution >= 0.6 is 11.6 Å². The maximum Gasteiger partial charge on any atom is 0.177 e. The highest BCUT2D eigenvalue weighted by Gasteiger charge is 2.07. The molecule has 0 fully saturated rings. The van der Waals surface area contributed by atoms with E-state index in [0.717, 1.165) is 6.07 Å². The predicted octanol–water partition coefficient (Wildman–Crippen LogP) is 2.32. The van der Waals surface area contributed by atoms with E-state index in [4.69, 9.17) is 16.7 Å². The Morgan fingerprint density at radius 3 is 2.40 bits per heavy atom. The Kier molecular flexibility index (Phi) is 1.76. The summed E-state index contributed by atoms with van der Waals surface area (Å²) in [6.45, 7) is 0. The smallest absolute Gasteiger partial charge is 0.177 e. The SMILES string of the molecule is Oc1cc(F)c(F)c(Cl)c1. The zero-order chi connectivity index (χ0) is 7.72. The van der Waals surface area contributed by atoms with Crippen LogP contribution in [0.25, 0.3) is 0 Å². The van der Waals surface area contributed by atoms with Crippen LogP contribution in [0.1, 0.15) is 0 Å². The molecule has 1 aromatic rings. The van der Waals surface area contributed by atoms with E-state index in [-0.39, 0.29) is 5.75 Å². The summed E-state index contributed by atoms with van der Waals surface area (Å²) in [4.78, 5) is 0. The molecule has 0 amide bonds. The quantitative estimate of drug-likeness (QED) is 0.584. The van der Waals surface area contributed by atoms with Gasteiger partial charge in [0.25, 0.3) is 0 Å². The second-order valence-corrected chi connectivity index (χ2v) is 2.13. The van der Waals surface area contributed by atoms with Crippen molar-refractivity contribution in [1.29, 1.82) is 0 Å². The molecule has 0 atom stereocenters. The zero-order valence-electron chi connectivity index (χ0n) is 4.74. The van der Waals surface area contributed by atoms with Crippen LogP contribution in [-0.4, -0.2) is 5.11 Å². The van der Waals surface area contributed by atoms with Gasteiger partial charge in [0.2, 0.25) is 0 Å². The molecule has 0 saturated heterocycles. The average Bonchev–Trinajstić information content (AvgIpc) is 1.82. The minimum Gasteiger partial charge on any atom is -0.508 e. The highest BCUT2D eigenvalue weighted by Crippen LogP contribution is 2.22. The normalized spacial score (nSPS) is 9.90. The monoisotopic (exact) mass is 164 g/mol. The van der Waals surface area contributed by atoms with Crippen LogP contribution in [0.3, 0.4) is 0 Å². The summed E-state index contributed by atoms with van der Waals surface area (Å²) < 4.78 is 24.5. The first-order valence-electron chi connectivity index (χ1n) is 2.45. The Balaban J connectivity index is 3.31. The van der Waals surface area contributed by atoms with Crippen molar-refractivity contribution in [1.82, 2.24) is 0 Å². The molecule has 54 valence electrons. The van der Waals surface area contributed by atoms with E-state index in [2.05, 4.69) is 0 Å². The van der Waals surface area contributed by atoms with Crippen LogP contribution < -0.4 is 0 Å². The van der Waals surface area contributed by atoms with Gasteiger partial charge in [-0.05, 0) is 0 Å². The predicted molar refractivity (Wildman–Crippen MR) is 33.0 cm³/mol. The third kappa shape index (κ3) is 1.19. The number of halogens is 3. The Morgan fingerprint density at radius 2 is 1.90 bits per heavy atom. The zero-order valence-corrected chi connectivity index (χ0v) is 5.49. The number of hydrogen-bond donors (Lipinski definition) is 1. The van der Waals surface area contributed by atoms with Crippen LogP contribution in [0.2, 0.25) is 5.02 Å². The van der Waals surface area contributed by atoms with Crippen LogP contribution in [0.5, 0.6) is 5.75 Å². The Hall–Kier alpha value is -0.830. The molecule has 1 nitrogen and oxygen atoms in total. The van der Waals surface area contributed by atoms with Crippen LogP contribution in [-0.2, 0) is 0 Å². The van der Waals surface area contributed by atoms with Gasteiger partial charge in [0.05, 0.1) is 5.02 Å². The van der Waals surface area contributed by atoms with Crippen molar-refractivity contribution < 1.29 is 13.9 Å². The van der Waals surface area contributed by atoms with Gasteiger partial charge in [-0.3, -0.25) is 0 Å². The number of hydrogen-bond acceptors (Lipinski definition) is 1. The van der Waals surface area contributed by atoms with Crippen LogP contribution in [0.4, 0.5) is 8.78 Å². The molecule has 10 heavy (non-hydrogen) atoms. The molecule has 0 aromatic heterocycles. The lowest BCUT2D eigenvalue weighted by Gasteiger charge is -1.95. The largest absolute Gasteiger partial charge is 0.508 e. The highest BCUT2D eigenvalue weighted by molar-refractivity contribution is 6.30. The standard InChI is InChI=1S/C6H3ClF2O/c7-4-1-3(10)2-5(8)6(4)9/h1-2,10H. The van der Waals surface area contributed by atoms with Gasteiger partial charge in [-0.1, -0.05) is 11.6 Å². The first-order chi connectivity index (χ1) is 4.61. The summed E-state index contributed by atoms with van der Waals surface area (Å²) in [6.07, 6.45) is 0. The first-order valence-corrected chi connectivity index (χ1v) is 2.82. The molecule has 0 aliphatic carbocycles. The molecular weight excluding hydrogens is 162 g/mol. The molecule has 1 aromatic carbocycles. The van der Waals surface area contributed by atoms with Crippen molar-refractivity contribution in [3.8, 4) is 5.75 Å². The summed E-state index contributed by atoms with van der Waals surface area (Å²) in [7, 11) is 0. The number of phenolic OH excluding ortho intramolecular Hbond substituents is 1. The summed E-state index contributed by atoms with van der Waals surface area (Å²) >= 11 is 5.14. The fraction of sp³-hybridized carbons (Fsp3) is 0. The minimum absolute atomic E-state index is 0.385. The summed E-state index contributed by atoms with van der Waals surface area (Å²) in [6, 6.07) is 1.58. The number of aromatic hydroxyl groups is 1. The van der Waals surface area contributed by atoms with Gasteiger partial charge in [0.15, 0.2) is 11.6 Å². The number of benzene rings is 1. The Bertz CT molecular complexity index is 239. The van der Waals surface area contributed by atoms with Crippen LogP contribution in [0, 0.1) is 11.6 Å². The summed E-state index contributed by atoms with van der Waals surface area (Å²) in [5, 5.41) is 8.21. The van der Waals surface area contributed by atoms with E-state index < -0.39 is 16.7 Å². The van der Waals surface area contributed by atoms with E-state index in [0.29, 0.717) is 6.07 Å². The van der Waals surface area contributed by atoms with Gasteiger partial charge in [-0.25, -0.2) is 8.78 Å². The van der Waals surface area contributed by atoms with E-state index in [1.807, 2.05) is 0 Å². The van der Waals surface area contributed by atoms with Crippen molar-refractivity contribution >= 4 is 11.6 Å². The maximum atomic E-state index is 12.3. The molecule has 0 unspecified atom stereocenters. The summed E-state index contributed by atoms with van der Waals surface area (Å²) in [5.74, 6) is -2.67. The van der Waals surface area contributed by atoms with E-state index in [1.165, 1.54) is 0 Å². The minimum atomic E-state index is -1.15. The lowest BCUT2D eigenvalue weighted by Crippen LogP contribution is -1.83. The fourth-order valence-electron chi connectivity index (χ4n) is 0.542. The van der Waals surface area contributed by atoms with Gasteiger partial charge in [0.1, 0.15) is 5.75 Å². The van der Waals surface area contributed by atoms with Gasteiger partial charge < -0.3 is 5.11 Å². The number of rotatable bonds is 0. The average molecular weight is 165 g/mol. The molecule has 0 aliphatic heterocycles. The molecule has 0 saturated carbocycles. The topological polar surface area (TPSA) is 20.2 Å². The highest BCUT2D eigenvalue weighted by atomic mass is 35.5. The first kappa shape index (κ1) is 7.28. The lowest BCUT2D eigenvalue weighted by molar-refractivity contribution is 0.455. The lowest BCUT2D eigenvalue weighted by atomic mass is 10.3. The van der Waals surface area contributed by atoms with Crippen LogP contribution in [0.15, 0.2) is 12.1 Å². The van der Waals surface area contributed by atoms with E-state index in [9.17, 15) is 8.78 Å². The second-order valence-electron chi connectivity index (χ2n) is 1.72. The van der Waals surface area contributed by atoms with Gasteiger partial charge in [-0.15, -0.1) is 0 Å². The molecule has 1 rings (SSSR count). The molecule has 0 aliphatic rings. The molecule has 0 heterocycles. The maximum absolute atomic E-state index is 12.3. The molecule has 0 bridgehead atoms. The summed E-state index contributed by atoms with van der Waals surface area (Å²) in [5.41, 5.74) is 0. The molecule has 4 heteroatoms. The van der Waals surface area contributed by atoms with Crippen molar-refractivity contribution in [3.05, 3.63) is 28.8 Å². The van der Waals surface area contributed by atoms with E-state index >= 15 is 0 Å². The third-order valence-corrected chi connectivity index (χ3v) is 1.24. The molecule has 0 spiro atoms. The Morgan fingerprint density at radius 1 is 1.30 bits per heavy atom. The van der Waals surface area contributed by atoms with E-state index in [1.54, 1.807) is 0 Å². The van der Waals surface area contributed by atoms with Gasteiger partial charge >= 0.3 is 0 Å². The molecule has 0 radical (unpaired) electrons. The van der Waals surface area contributed by atoms with Crippen molar-refractivity contribution in [2.75, 3.05) is 0 Å². The number of phenols is 1. The second kappa shape index (κ2) is 2.42. The Labute approximate surface area is 60.9 Å². The van der Waals surface area contributed by atoms with Crippen molar-refractivity contribution in [3.63, 3.8) is 0 Å². The third-order valence-electron chi connectivity index (χ3n) is 0.969. The van der Waals surface area contributed by atoms with Crippen molar-refractivity contribution in [2.24, 2.45) is 0 Å².